The van der Waals surface area contributed by atoms with E-state index in [1.807, 2.05) is 0 Å². The third kappa shape index (κ3) is 3.51. The summed E-state index contributed by atoms with van der Waals surface area (Å²) >= 11 is 0. The minimum absolute atomic E-state index is 0.00402. The Morgan fingerprint density at radius 1 is 1.17 bits per heavy atom. The summed E-state index contributed by atoms with van der Waals surface area (Å²) in [6.45, 7) is 13.0. The van der Waals surface area contributed by atoms with Crippen LogP contribution in [-0.4, -0.2) is 5.11 Å². The molecule has 0 saturated carbocycles. The molecule has 1 heteroatoms. The van der Waals surface area contributed by atoms with Crippen molar-refractivity contribution in [2.45, 2.75) is 72.1 Å². The number of aromatic hydroxyl groups is 1. The molecular formula is C17H28O. The van der Waals surface area contributed by atoms with Gasteiger partial charge in [0, 0.05) is 0 Å². The molecule has 0 fully saturated rings. The molecule has 102 valence electrons. The summed E-state index contributed by atoms with van der Waals surface area (Å²) in [4.78, 5) is 0. The monoisotopic (exact) mass is 248 g/mol. The molecule has 1 aromatic rings. The number of hydrogen-bond acceptors (Lipinski definition) is 1. The lowest BCUT2D eigenvalue weighted by molar-refractivity contribution is 0.437. The predicted molar refractivity (Wildman–Crippen MR) is 79.5 cm³/mol. The van der Waals surface area contributed by atoms with E-state index in [0.717, 1.165) is 17.5 Å². The lowest BCUT2D eigenvalue weighted by Gasteiger charge is -2.24. The highest BCUT2D eigenvalue weighted by atomic mass is 16.3. The summed E-state index contributed by atoms with van der Waals surface area (Å²) in [6, 6.07) is 4.38. The molecule has 0 aromatic heterocycles. The fourth-order valence-electron chi connectivity index (χ4n) is 2.26. The van der Waals surface area contributed by atoms with Crippen LogP contribution >= 0.6 is 0 Å². The summed E-state index contributed by atoms with van der Waals surface area (Å²) in [5.41, 5.74) is 3.53. The SMILES string of the molecule is CCCCc1cc(C(C)C)c(O)c(C(C)(C)C)c1. The van der Waals surface area contributed by atoms with Crippen molar-refractivity contribution in [2.24, 2.45) is 0 Å². The second-order valence-corrected chi connectivity index (χ2v) is 6.59. The van der Waals surface area contributed by atoms with Gasteiger partial charge in [-0.05, 0) is 40.9 Å². The van der Waals surface area contributed by atoms with Crippen LogP contribution in [0.15, 0.2) is 12.1 Å². The van der Waals surface area contributed by atoms with Gasteiger partial charge >= 0.3 is 0 Å². The van der Waals surface area contributed by atoms with E-state index < -0.39 is 0 Å². The van der Waals surface area contributed by atoms with Crippen molar-refractivity contribution in [3.05, 3.63) is 28.8 Å². The van der Waals surface area contributed by atoms with Gasteiger partial charge in [-0.15, -0.1) is 0 Å². The van der Waals surface area contributed by atoms with Crippen LogP contribution in [0.3, 0.4) is 0 Å². The van der Waals surface area contributed by atoms with Crippen molar-refractivity contribution in [2.75, 3.05) is 0 Å². The van der Waals surface area contributed by atoms with E-state index in [9.17, 15) is 5.11 Å². The highest BCUT2D eigenvalue weighted by Gasteiger charge is 2.22. The van der Waals surface area contributed by atoms with Gasteiger partial charge in [-0.2, -0.15) is 0 Å². The maximum absolute atomic E-state index is 10.4. The first-order chi connectivity index (χ1) is 8.27. The summed E-state index contributed by atoms with van der Waals surface area (Å²) in [7, 11) is 0. The van der Waals surface area contributed by atoms with Crippen molar-refractivity contribution in [1.82, 2.24) is 0 Å². The van der Waals surface area contributed by atoms with Crippen molar-refractivity contribution in [1.29, 1.82) is 0 Å². The van der Waals surface area contributed by atoms with E-state index in [0.29, 0.717) is 11.7 Å². The van der Waals surface area contributed by atoms with Gasteiger partial charge in [0.15, 0.2) is 0 Å². The first kappa shape index (κ1) is 15.1. The van der Waals surface area contributed by atoms with Crippen LogP contribution < -0.4 is 0 Å². The largest absolute Gasteiger partial charge is 0.507 e. The zero-order valence-electron chi connectivity index (χ0n) is 12.8. The van der Waals surface area contributed by atoms with E-state index >= 15 is 0 Å². The Bertz CT molecular complexity index is 397. The summed E-state index contributed by atoms with van der Waals surface area (Å²) < 4.78 is 0. The number of hydrogen-bond donors (Lipinski definition) is 1. The maximum atomic E-state index is 10.4. The number of benzene rings is 1. The molecule has 0 spiro atoms. The fraction of sp³-hybridized carbons (Fsp3) is 0.647. The minimum Gasteiger partial charge on any atom is -0.507 e. The number of unbranched alkanes of at least 4 members (excludes halogenated alkanes) is 1. The van der Waals surface area contributed by atoms with Gasteiger partial charge in [0.1, 0.15) is 5.75 Å². The van der Waals surface area contributed by atoms with Crippen molar-refractivity contribution in [3.8, 4) is 5.75 Å². The number of aryl methyl sites for hydroxylation is 1. The molecule has 1 nitrogen and oxygen atoms in total. The summed E-state index contributed by atoms with van der Waals surface area (Å²) in [6.07, 6.45) is 3.54. The lowest BCUT2D eigenvalue weighted by Crippen LogP contribution is -2.13. The van der Waals surface area contributed by atoms with Gasteiger partial charge in [0.05, 0.1) is 0 Å². The van der Waals surface area contributed by atoms with Crippen LogP contribution in [0.1, 0.15) is 77.0 Å². The second kappa shape index (κ2) is 5.77. The molecule has 0 amide bonds. The summed E-state index contributed by atoms with van der Waals surface area (Å²) in [5, 5.41) is 10.4. The van der Waals surface area contributed by atoms with Crippen LogP contribution in [0, 0.1) is 0 Å². The normalized spacial score (nSPS) is 12.2. The molecule has 1 rings (SSSR count). The molecule has 0 aliphatic heterocycles. The fourth-order valence-corrected chi connectivity index (χ4v) is 2.26. The third-order valence-electron chi connectivity index (χ3n) is 3.45. The molecular weight excluding hydrogens is 220 g/mol. The predicted octanol–water partition coefficient (Wildman–Crippen LogP) is 5.16. The molecule has 0 aliphatic carbocycles. The number of phenols is 1. The van der Waals surface area contributed by atoms with E-state index in [1.54, 1.807) is 0 Å². The quantitative estimate of drug-likeness (QED) is 0.780. The Hall–Kier alpha value is -0.980. The van der Waals surface area contributed by atoms with Gasteiger partial charge in [0.25, 0.3) is 0 Å². The Kier molecular flexibility index (Phi) is 4.84. The smallest absolute Gasteiger partial charge is 0.122 e. The molecule has 1 N–H and O–H groups in total. The first-order valence-electron chi connectivity index (χ1n) is 7.13. The zero-order valence-corrected chi connectivity index (χ0v) is 12.8. The first-order valence-corrected chi connectivity index (χ1v) is 7.13. The number of rotatable bonds is 4. The van der Waals surface area contributed by atoms with Crippen LogP contribution in [0.4, 0.5) is 0 Å². The van der Waals surface area contributed by atoms with E-state index in [-0.39, 0.29) is 5.41 Å². The van der Waals surface area contributed by atoms with Crippen LogP contribution in [0.5, 0.6) is 5.75 Å². The average molecular weight is 248 g/mol. The van der Waals surface area contributed by atoms with Crippen LogP contribution in [0.25, 0.3) is 0 Å². The van der Waals surface area contributed by atoms with Gasteiger partial charge in [-0.1, -0.05) is 60.1 Å². The second-order valence-electron chi connectivity index (χ2n) is 6.59. The molecule has 0 radical (unpaired) electrons. The lowest BCUT2D eigenvalue weighted by atomic mass is 9.82. The number of phenolic OH excluding ortho intramolecular Hbond substituents is 1. The van der Waals surface area contributed by atoms with Crippen molar-refractivity contribution >= 4 is 0 Å². The van der Waals surface area contributed by atoms with E-state index in [2.05, 4.69) is 53.7 Å². The Labute approximate surface area is 112 Å². The Morgan fingerprint density at radius 2 is 1.78 bits per heavy atom. The summed E-state index contributed by atoms with van der Waals surface area (Å²) in [5.74, 6) is 0.866. The van der Waals surface area contributed by atoms with Crippen molar-refractivity contribution in [3.63, 3.8) is 0 Å². The van der Waals surface area contributed by atoms with Gasteiger partial charge < -0.3 is 5.11 Å². The highest BCUT2D eigenvalue weighted by Crippen LogP contribution is 2.37. The molecule has 18 heavy (non-hydrogen) atoms. The molecule has 1 aromatic carbocycles. The van der Waals surface area contributed by atoms with E-state index in [4.69, 9.17) is 0 Å². The van der Waals surface area contributed by atoms with Gasteiger partial charge in [0.2, 0.25) is 0 Å². The molecule has 0 atom stereocenters. The minimum atomic E-state index is -0.00402. The van der Waals surface area contributed by atoms with Gasteiger partial charge in [-0.25, -0.2) is 0 Å². The van der Waals surface area contributed by atoms with Crippen molar-refractivity contribution < 1.29 is 5.11 Å². The Morgan fingerprint density at radius 3 is 2.22 bits per heavy atom. The highest BCUT2D eigenvalue weighted by molar-refractivity contribution is 5.48. The molecule has 0 saturated heterocycles. The maximum Gasteiger partial charge on any atom is 0.122 e. The molecule has 0 heterocycles. The Balaban J connectivity index is 3.28. The average Bonchev–Trinajstić information content (AvgIpc) is 2.25. The zero-order chi connectivity index (χ0) is 13.9. The van der Waals surface area contributed by atoms with Crippen LogP contribution in [0.2, 0.25) is 0 Å². The topological polar surface area (TPSA) is 20.2 Å². The standard InChI is InChI=1S/C17H28O/c1-7-8-9-13-10-14(12(2)3)16(18)15(11-13)17(4,5)6/h10-12,18H,7-9H2,1-6H3. The third-order valence-corrected chi connectivity index (χ3v) is 3.45. The molecule has 0 aliphatic rings. The molecule has 0 unspecified atom stereocenters. The van der Waals surface area contributed by atoms with E-state index in [1.165, 1.54) is 18.4 Å². The molecule has 0 bridgehead atoms. The van der Waals surface area contributed by atoms with Gasteiger partial charge in [-0.3, -0.25) is 0 Å². The van der Waals surface area contributed by atoms with Crippen LogP contribution in [-0.2, 0) is 11.8 Å².